The van der Waals surface area contributed by atoms with Gasteiger partial charge in [-0.15, -0.1) is 10.2 Å². The average molecular weight is 476 g/mol. The Balaban J connectivity index is 1.14. The minimum absolute atomic E-state index is 0.404. The summed E-state index contributed by atoms with van der Waals surface area (Å²) in [5, 5.41) is 9.49. The van der Waals surface area contributed by atoms with Crippen molar-refractivity contribution < 1.29 is 13.2 Å². The highest BCUT2D eigenvalue weighted by atomic mass is 32.2. The summed E-state index contributed by atoms with van der Waals surface area (Å²) in [6.07, 6.45) is 2.45. The molecule has 2 heterocycles. The van der Waals surface area contributed by atoms with Crippen molar-refractivity contribution in [2.75, 3.05) is 25.9 Å². The van der Waals surface area contributed by atoms with Crippen LogP contribution < -0.4 is 0 Å². The van der Waals surface area contributed by atoms with Crippen molar-refractivity contribution in [3.8, 4) is 11.4 Å². The first-order valence-electron chi connectivity index (χ1n) is 11.1. The number of alkyl halides is 3. The van der Waals surface area contributed by atoms with E-state index in [-0.39, 0.29) is 0 Å². The Morgan fingerprint density at radius 1 is 1.12 bits per heavy atom. The predicted molar refractivity (Wildman–Crippen MR) is 124 cm³/mol. The molecule has 1 unspecified atom stereocenters. The van der Waals surface area contributed by atoms with Crippen LogP contribution in [0.5, 0.6) is 0 Å². The lowest BCUT2D eigenvalue weighted by molar-refractivity contribution is -0.137. The van der Waals surface area contributed by atoms with E-state index in [2.05, 4.69) is 27.1 Å². The maximum Gasteiger partial charge on any atom is 0.416 e. The Labute approximate surface area is 196 Å². The number of halogens is 3. The summed E-state index contributed by atoms with van der Waals surface area (Å²) in [7, 11) is 4.10. The Hall–Kier alpha value is -2.39. The van der Waals surface area contributed by atoms with Gasteiger partial charge in [0.25, 0.3) is 0 Å². The second-order valence-electron chi connectivity index (χ2n) is 8.62. The zero-order valence-corrected chi connectivity index (χ0v) is 19.6. The molecule has 0 N–H and O–H groups in total. The maximum absolute atomic E-state index is 12.7. The van der Waals surface area contributed by atoms with Crippen molar-refractivity contribution in [2.24, 2.45) is 13.0 Å². The highest BCUT2D eigenvalue weighted by Gasteiger charge is 2.38. The molecule has 2 aromatic heterocycles. The lowest BCUT2D eigenvalue weighted by Gasteiger charge is -2.16. The van der Waals surface area contributed by atoms with Gasteiger partial charge in [-0.3, -0.25) is 4.98 Å². The minimum Gasteiger partial charge on any atom is -0.306 e. The predicted octanol–water partition coefficient (Wildman–Crippen LogP) is 5.50. The molecular formula is C24H28F3N5S. The topological polar surface area (TPSA) is 46.8 Å². The molecule has 4 rings (SSSR count). The van der Waals surface area contributed by atoms with Crippen LogP contribution in [-0.4, -0.2) is 50.5 Å². The summed E-state index contributed by atoms with van der Waals surface area (Å²) in [5.41, 5.74) is 1.41. The van der Waals surface area contributed by atoms with Crippen molar-refractivity contribution in [3.05, 3.63) is 59.9 Å². The van der Waals surface area contributed by atoms with Crippen LogP contribution in [0.25, 0.3) is 11.4 Å². The fraction of sp³-hybridized carbons (Fsp3) is 0.458. The largest absolute Gasteiger partial charge is 0.416 e. The van der Waals surface area contributed by atoms with E-state index in [1.165, 1.54) is 12.1 Å². The molecule has 1 aliphatic rings. The quantitative estimate of drug-likeness (QED) is 0.286. The molecular weight excluding hydrogens is 447 g/mol. The summed E-state index contributed by atoms with van der Waals surface area (Å²) < 4.78 is 40.2. The molecule has 0 bridgehead atoms. The van der Waals surface area contributed by atoms with Gasteiger partial charge in [-0.2, -0.15) is 13.2 Å². The summed E-state index contributed by atoms with van der Waals surface area (Å²) in [6.45, 7) is 2.00. The average Bonchev–Trinajstić information content (AvgIpc) is 3.50. The number of thioether (sulfide) groups is 1. The Morgan fingerprint density at radius 2 is 1.91 bits per heavy atom. The number of hydrogen-bond donors (Lipinski definition) is 0. The molecule has 2 atom stereocenters. The summed E-state index contributed by atoms with van der Waals surface area (Å²) in [6, 6.07) is 9.54. The van der Waals surface area contributed by atoms with E-state index in [0.29, 0.717) is 11.8 Å². The van der Waals surface area contributed by atoms with E-state index in [9.17, 15) is 13.2 Å². The Morgan fingerprint density at radius 3 is 2.61 bits per heavy atom. The van der Waals surface area contributed by atoms with Crippen molar-refractivity contribution in [1.82, 2.24) is 24.6 Å². The van der Waals surface area contributed by atoms with Crippen LogP contribution in [0.1, 0.15) is 36.3 Å². The van der Waals surface area contributed by atoms with E-state index in [1.54, 1.807) is 36.3 Å². The normalized spacial score (nSPS) is 18.1. The third kappa shape index (κ3) is 6.14. The van der Waals surface area contributed by atoms with Crippen LogP contribution >= 0.6 is 11.8 Å². The fourth-order valence-electron chi connectivity index (χ4n) is 4.08. The third-order valence-corrected chi connectivity index (χ3v) is 7.25. The molecule has 1 saturated carbocycles. The molecule has 0 amide bonds. The highest BCUT2D eigenvalue weighted by molar-refractivity contribution is 7.99. The number of aromatic nitrogens is 4. The van der Waals surface area contributed by atoms with Crippen molar-refractivity contribution in [1.29, 1.82) is 0 Å². The van der Waals surface area contributed by atoms with Crippen LogP contribution in [0, 0.1) is 5.92 Å². The monoisotopic (exact) mass is 475 g/mol. The molecule has 0 saturated heterocycles. The zero-order valence-electron chi connectivity index (χ0n) is 18.8. The molecule has 0 radical (unpaired) electrons. The SMILES string of the molecule is CN(CCCSc1nnc(-c2cccnc2)n1C)CCC1C[C@H]1c1ccc(C(F)(F)F)cc1. The lowest BCUT2D eigenvalue weighted by atomic mass is 10.1. The van der Waals surface area contributed by atoms with Gasteiger partial charge in [-0.25, -0.2) is 0 Å². The molecule has 1 aliphatic carbocycles. The van der Waals surface area contributed by atoms with Gasteiger partial charge in [0.05, 0.1) is 5.56 Å². The second-order valence-corrected chi connectivity index (χ2v) is 9.68. The van der Waals surface area contributed by atoms with Crippen LogP contribution in [0.4, 0.5) is 13.2 Å². The number of benzene rings is 1. The van der Waals surface area contributed by atoms with Gasteiger partial charge < -0.3 is 9.47 Å². The van der Waals surface area contributed by atoms with Crippen LogP contribution in [0.15, 0.2) is 53.9 Å². The summed E-state index contributed by atoms with van der Waals surface area (Å²) in [5.74, 6) is 2.75. The van der Waals surface area contributed by atoms with E-state index in [4.69, 9.17) is 0 Å². The first-order chi connectivity index (χ1) is 15.8. The third-order valence-electron chi connectivity index (χ3n) is 6.14. The number of nitrogens with zero attached hydrogens (tertiary/aromatic N) is 5. The molecule has 176 valence electrons. The molecule has 9 heteroatoms. The molecule has 5 nitrogen and oxygen atoms in total. The second kappa shape index (κ2) is 10.3. The smallest absolute Gasteiger partial charge is 0.306 e. The summed E-state index contributed by atoms with van der Waals surface area (Å²) >= 11 is 1.70. The summed E-state index contributed by atoms with van der Waals surface area (Å²) in [4.78, 5) is 6.47. The van der Waals surface area contributed by atoms with E-state index in [0.717, 1.165) is 60.2 Å². The number of hydrogen-bond acceptors (Lipinski definition) is 5. The first-order valence-corrected chi connectivity index (χ1v) is 12.1. The van der Waals surface area contributed by atoms with Crippen molar-refractivity contribution in [3.63, 3.8) is 0 Å². The fourth-order valence-corrected chi connectivity index (χ4v) is 4.91. The van der Waals surface area contributed by atoms with Gasteiger partial charge >= 0.3 is 6.18 Å². The highest BCUT2D eigenvalue weighted by Crippen LogP contribution is 2.49. The Kier molecular flexibility index (Phi) is 7.38. The molecule has 3 aromatic rings. The van der Waals surface area contributed by atoms with Crippen LogP contribution in [0.3, 0.4) is 0 Å². The van der Waals surface area contributed by atoms with Gasteiger partial charge in [0, 0.05) is 30.8 Å². The Bertz CT molecular complexity index is 1040. The van der Waals surface area contributed by atoms with Crippen LogP contribution in [0.2, 0.25) is 0 Å². The van der Waals surface area contributed by atoms with E-state index >= 15 is 0 Å². The minimum atomic E-state index is -4.27. The van der Waals surface area contributed by atoms with Crippen molar-refractivity contribution >= 4 is 11.8 Å². The first kappa shape index (κ1) is 23.8. The molecule has 1 fully saturated rings. The van der Waals surface area contributed by atoms with E-state index in [1.807, 2.05) is 23.7 Å². The molecule has 33 heavy (non-hydrogen) atoms. The van der Waals surface area contributed by atoms with Crippen molar-refractivity contribution in [2.45, 2.75) is 36.5 Å². The molecule has 0 spiro atoms. The van der Waals surface area contributed by atoms with Gasteiger partial charge in [0.2, 0.25) is 0 Å². The standard InChI is InChI=1S/C24H28F3N5S/c1-31(13-10-18-15-21(18)17-6-8-20(9-7-17)24(25,26)27)12-4-14-33-23-30-29-22(32(23)2)19-5-3-11-28-16-19/h3,5-9,11,16,18,21H,4,10,12-15H2,1-2H3/t18?,21-/m0/s1. The lowest BCUT2D eigenvalue weighted by Crippen LogP contribution is -2.21. The van der Waals surface area contributed by atoms with E-state index < -0.39 is 11.7 Å². The van der Waals surface area contributed by atoms with Crippen LogP contribution in [-0.2, 0) is 13.2 Å². The molecule has 0 aliphatic heterocycles. The van der Waals surface area contributed by atoms with Gasteiger partial charge in [0.15, 0.2) is 11.0 Å². The maximum atomic E-state index is 12.7. The van der Waals surface area contributed by atoms with Gasteiger partial charge in [0.1, 0.15) is 0 Å². The van der Waals surface area contributed by atoms with Gasteiger partial charge in [-0.05, 0) is 81.1 Å². The number of rotatable bonds is 10. The van der Waals surface area contributed by atoms with Gasteiger partial charge in [-0.1, -0.05) is 23.9 Å². The number of pyridine rings is 1. The zero-order chi connectivity index (χ0) is 23.4. The molecule has 1 aromatic carbocycles.